The molecule has 0 spiro atoms. The van der Waals surface area contributed by atoms with Crippen molar-refractivity contribution in [3.63, 3.8) is 0 Å². The molecule has 0 aliphatic rings. The molecule has 0 bridgehead atoms. The first-order chi connectivity index (χ1) is 10.5. The number of rotatable bonds is 5. The summed E-state index contributed by atoms with van der Waals surface area (Å²) in [6.07, 6.45) is -0.388. The summed E-state index contributed by atoms with van der Waals surface area (Å²) in [4.78, 5) is 20.3. The summed E-state index contributed by atoms with van der Waals surface area (Å²) in [7, 11) is 1.51. The van der Waals surface area contributed by atoms with Crippen LogP contribution in [0.5, 0.6) is 5.75 Å². The van der Waals surface area contributed by atoms with Crippen molar-refractivity contribution in [3.8, 4) is 5.75 Å². The van der Waals surface area contributed by atoms with Crippen LogP contribution in [0.15, 0.2) is 18.2 Å². The molecule has 118 valence electrons. The van der Waals surface area contributed by atoms with Crippen molar-refractivity contribution in [3.05, 3.63) is 18.2 Å². The van der Waals surface area contributed by atoms with Gasteiger partial charge < -0.3 is 15.6 Å². The van der Waals surface area contributed by atoms with Gasteiger partial charge in [0, 0.05) is 5.39 Å². The zero-order chi connectivity index (χ0) is 16.3. The number of aliphatic hydroxyl groups excluding tert-OH is 1. The first-order valence-electron chi connectivity index (χ1n) is 6.83. The Kier molecular flexibility index (Phi) is 4.74. The summed E-state index contributed by atoms with van der Waals surface area (Å²) in [5.41, 5.74) is 6.16. The van der Waals surface area contributed by atoms with Crippen molar-refractivity contribution in [1.29, 1.82) is 0 Å². The Morgan fingerprint density at radius 3 is 2.82 bits per heavy atom. The Labute approximate surface area is 127 Å². The van der Waals surface area contributed by atoms with Crippen LogP contribution in [0.1, 0.15) is 19.8 Å². The first kappa shape index (κ1) is 15.9. The van der Waals surface area contributed by atoms with E-state index in [-0.39, 0.29) is 18.2 Å². The summed E-state index contributed by atoms with van der Waals surface area (Å²) >= 11 is 0. The van der Waals surface area contributed by atoms with Crippen LogP contribution >= 0.6 is 0 Å². The van der Waals surface area contributed by atoms with Gasteiger partial charge in [0.05, 0.1) is 19.6 Å². The minimum Gasteiger partial charge on any atom is -0.494 e. The summed E-state index contributed by atoms with van der Waals surface area (Å²) < 4.78 is 5.23. The average molecular weight is 305 g/mol. The lowest BCUT2D eigenvalue weighted by atomic mass is 10.2. The monoisotopic (exact) mass is 305 g/mol. The fraction of sp³-hybridized carbons (Fsp3) is 0.357. The number of methoxy groups -OCH3 is 1. The standard InChI is InChI=1S/C14H19N5O3/c1-3-8(20)7-11(21)19(16)13-9-5-4-6-10(22-2)12(9)17-14(15)18-13/h4-6,8,20H,3,7,16H2,1-2H3,(H2,15,17,18). The summed E-state index contributed by atoms with van der Waals surface area (Å²) in [6, 6.07) is 5.18. The molecule has 1 aromatic carbocycles. The number of anilines is 2. The average Bonchev–Trinajstić information content (AvgIpc) is 2.52. The number of carbonyl (C=O) groups is 1. The van der Waals surface area contributed by atoms with Gasteiger partial charge in [-0.1, -0.05) is 13.0 Å². The van der Waals surface area contributed by atoms with Gasteiger partial charge in [-0.2, -0.15) is 4.98 Å². The van der Waals surface area contributed by atoms with Gasteiger partial charge in [0.15, 0.2) is 5.82 Å². The third kappa shape index (κ3) is 3.07. The van der Waals surface area contributed by atoms with E-state index in [2.05, 4.69) is 9.97 Å². The Bertz CT molecular complexity index is 691. The number of para-hydroxylation sites is 1. The SMILES string of the molecule is CCC(O)CC(=O)N(N)c1nc(N)nc2c(OC)cccc12. The normalized spacial score (nSPS) is 12.2. The molecule has 0 saturated carbocycles. The van der Waals surface area contributed by atoms with Crippen LogP contribution in [0.4, 0.5) is 11.8 Å². The Morgan fingerprint density at radius 2 is 2.18 bits per heavy atom. The number of hydrazine groups is 1. The molecule has 0 fully saturated rings. The number of nitrogens with zero attached hydrogens (tertiary/aromatic N) is 3. The van der Waals surface area contributed by atoms with Gasteiger partial charge >= 0.3 is 0 Å². The van der Waals surface area contributed by atoms with Gasteiger partial charge in [-0.05, 0) is 18.6 Å². The molecule has 22 heavy (non-hydrogen) atoms. The van der Waals surface area contributed by atoms with Crippen molar-refractivity contribution in [2.24, 2.45) is 5.84 Å². The van der Waals surface area contributed by atoms with Crippen LogP contribution in [0.2, 0.25) is 0 Å². The quantitative estimate of drug-likeness (QED) is 0.419. The highest BCUT2D eigenvalue weighted by molar-refractivity contribution is 6.02. The summed E-state index contributed by atoms with van der Waals surface area (Å²) in [5, 5.41) is 11.0. The molecule has 0 aliphatic heterocycles. The van der Waals surface area contributed by atoms with Gasteiger partial charge in [-0.3, -0.25) is 4.79 Å². The molecule has 5 N–H and O–H groups in total. The highest BCUT2D eigenvalue weighted by Gasteiger charge is 2.20. The van der Waals surface area contributed by atoms with Crippen LogP contribution in [0.25, 0.3) is 10.9 Å². The topological polar surface area (TPSA) is 128 Å². The molecule has 2 rings (SSSR count). The van der Waals surface area contributed by atoms with Gasteiger partial charge in [-0.15, -0.1) is 0 Å². The van der Waals surface area contributed by atoms with E-state index >= 15 is 0 Å². The Hall–Kier alpha value is -2.45. The highest BCUT2D eigenvalue weighted by atomic mass is 16.5. The molecule has 0 saturated heterocycles. The summed E-state index contributed by atoms with van der Waals surface area (Å²) in [6.45, 7) is 1.78. The van der Waals surface area contributed by atoms with E-state index in [9.17, 15) is 9.90 Å². The number of fused-ring (bicyclic) bond motifs is 1. The number of aliphatic hydroxyl groups is 1. The number of amides is 1. The number of hydrogen-bond donors (Lipinski definition) is 3. The second-order valence-corrected chi connectivity index (χ2v) is 4.79. The molecule has 1 aromatic heterocycles. The van der Waals surface area contributed by atoms with E-state index in [0.29, 0.717) is 23.1 Å². The van der Waals surface area contributed by atoms with Crippen LogP contribution in [0, 0.1) is 0 Å². The van der Waals surface area contributed by atoms with Gasteiger partial charge in [0.2, 0.25) is 11.9 Å². The van der Waals surface area contributed by atoms with Crippen molar-refractivity contribution < 1.29 is 14.6 Å². The number of hydrogen-bond acceptors (Lipinski definition) is 7. The molecule has 1 amide bonds. The largest absolute Gasteiger partial charge is 0.494 e. The minimum absolute atomic E-state index is 0.0220. The molecule has 1 heterocycles. The van der Waals surface area contributed by atoms with Gasteiger partial charge in [0.25, 0.3) is 0 Å². The maximum atomic E-state index is 12.1. The summed E-state index contributed by atoms with van der Waals surface area (Å²) in [5.74, 6) is 6.05. The lowest BCUT2D eigenvalue weighted by molar-refractivity contribution is -0.120. The van der Waals surface area contributed by atoms with E-state index in [1.54, 1.807) is 25.1 Å². The van der Waals surface area contributed by atoms with Crippen molar-refractivity contribution in [1.82, 2.24) is 9.97 Å². The lowest BCUT2D eigenvalue weighted by Crippen LogP contribution is -2.40. The number of ether oxygens (including phenoxy) is 1. The first-order valence-corrected chi connectivity index (χ1v) is 6.83. The van der Waals surface area contributed by atoms with E-state index in [4.69, 9.17) is 16.3 Å². The molecule has 0 aliphatic carbocycles. The maximum Gasteiger partial charge on any atom is 0.245 e. The highest BCUT2D eigenvalue weighted by Crippen LogP contribution is 2.30. The smallest absolute Gasteiger partial charge is 0.245 e. The van der Waals surface area contributed by atoms with Crippen LogP contribution in [0.3, 0.4) is 0 Å². The van der Waals surface area contributed by atoms with E-state index in [1.807, 2.05) is 0 Å². The van der Waals surface area contributed by atoms with Crippen molar-refractivity contribution >= 4 is 28.6 Å². The van der Waals surface area contributed by atoms with Crippen LogP contribution in [-0.2, 0) is 4.79 Å². The number of nitrogen functional groups attached to an aromatic ring is 1. The van der Waals surface area contributed by atoms with Crippen LogP contribution in [-0.4, -0.2) is 34.2 Å². The van der Waals surface area contributed by atoms with Gasteiger partial charge in [0.1, 0.15) is 11.3 Å². The Balaban J connectivity index is 2.48. The van der Waals surface area contributed by atoms with Crippen molar-refractivity contribution in [2.75, 3.05) is 17.9 Å². The third-order valence-electron chi connectivity index (χ3n) is 3.28. The predicted octanol–water partition coefficient (Wildman–Crippen LogP) is 0.588. The van der Waals surface area contributed by atoms with Crippen molar-refractivity contribution in [2.45, 2.75) is 25.9 Å². The molecular formula is C14H19N5O3. The third-order valence-corrected chi connectivity index (χ3v) is 3.28. The maximum absolute atomic E-state index is 12.1. The van der Waals surface area contributed by atoms with E-state index in [0.717, 1.165) is 5.01 Å². The predicted molar refractivity (Wildman–Crippen MR) is 83.1 cm³/mol. The van der Waals surface area contributed by atoms with E-state index in [1.165, 1.54) is 7.11 Å². The molecule has 8 nitrogen and oxygen atoms in total. The molecule has 8 heteroatoms. The molecular weight excluding hydrogens is 286 g/mol. The lowest BCUT2D eigenvalue weighted by Gasteiger charge is -2.19. The molecule has 0 radical (unpaired) electrons. The van der Waals surface area contributed by atoms with E-state index < -0.39 is 12.0 Å². The van der Waals surface area contributed by atoms with Gasteiger partial charge in [-0.25, -0.2) is 15.8 Å². The fourth-order valence-corrected chi connectivity index (χ4v) is 2.04. The molecule has 2 aromatic rings. The number of benzene rings is 1. The molecule has 1 atom stereocenters. The molecule has 1 unspecified atom stereocenters. The zero-order valence-electron chi connectivity index (χ0n) is 12.5. The number of carbonyl (C=O) groups excluding carboxylic acids is 1. The minimum atomic E-state index is -0.751. The number of nitrogens with two attached hydrogens (primary N) is 2. The number of aromatic nitrogens is 2. The second-order valence-electron chi connectivity index (χ2n) is 4.79. The zero-order valence-corrected chi connectivity index (χ0v) is 12.5. The van der Waals surface area contributed by atoms with Crippen LogP contribution < -0.4 is 21.3 Å². The fourth-order valence-electron chi connectivity index (χ4n) is 2.04. The Morgan fingerprint density at radius 1 is 1.45 bits per heavy atom. The second kappa shape index (κ2) is 6.54.